The van der Waals surface area contributed by atoms with E-state index in [9.17, 15) is 0 Å². The molecular formula is C9H11KO2. The van der Waals surface area contributed by atoms with E-state index in [2.05, 4.69) is 6.58 Å². The summed E-state index contributed by atoms with van der Waals surface area (Å²) in [6.07, 6.45) is 1.39. The van der Waals surface area contributed by atoms with E-state index in [1.807, 2.05) is 24.3 Å². The first-order valence-corrected chi connectivity index (χ1v) is 3.28. The van der Waals surface area contributed by atoms with Crippen molar-refractivity contribution in [1.29, 1.82) is 0 Å². The molecule has 0 saturated carbocycles. The Morgan fingerprint density at radius 1 is 1.25 bits per heavy atom. The summed E-state index contributed by atoms with van der Waals surface area (Å²) in [7, 11) is 1.63. The van der Waals surface area contributed by atoms with Gasteiger partial charge in [-0.05, 0) is 24.3 Å². The molecule has 1 rings (SSSR count). The number of ether oxygens (including phenoxy) is 2. The van der Waals surface area contributed by atoms with Gasteiger partial charge in [-0.1, -0.05) is 6.58 Å². The minimum Gasteiger partial charge on any atom is -1.00 e. The van der Waals surface area contributed by atoms with Gasteiger partial charge in [0.15, 0.2) is 0 Å². The van der Waals surface area contributed by atoms with Crippen molar-refractivity contribution in [1.82, 2.24) is 0 Å². The van der Waals surface area contributed by atoms with E-state index in [-0.39, 0.29) is 52.8 Å². The van der Waals surface area contributed by atoms with E-state index in [1.54, 1.807) is 7.11 Å². The molecule has 1 aromatic rings. The SMILES string of the molecule is C=COc1ccc(OC)cc1.[H-].[K+]. The molecule has 0 unspecified atom stereocenters. The zero-order valence-electron chi connectivity index (χ0n) is 8.41. The Morgan fingerprint density at radius 3 is 2.17 bits per heavy atom. The average Bonchev–Trinajstić information content (AvgIpc) is 2.07. The Bertz CT molecular complexity index is 236. The summed E-state index contributed by atoms with van der Waals surface area (Å²) in [4.78, 5) is 0. The third kappa shape index (κ3) is 3.73. The van der Waals surface area contributed by atoms with Crippen molar-refractivity contribution in [2.45, 2.75) is 0 Å². The van der Waals surface area contributed by atoms with Crippen molar-refractivity contribution in [2.75, 3.05) is 7.11 Å². The van der Waals surface area contributed by atoms with Crippen molar-refractivity contribution in [3.05, 3.63) is 37.1 Å². The fraction of sp³-hybridized carbons (Fsp3) is 0.111. The smallest absolute Gasteiger partial charge is 1.00 e. The van der Waals surface area contributed by atoms with E-state index >= 15 is 0 Å². The van der Waals surface area contributed by atoms with Gasteiger partial charge in [-0.25, -0.2) is 0 Å². The molecule has 3 heteroatoms. The second kappa shape index (κ2) is 6.68. The van der Waals surface area contributed by atoms with Gasteiger partial charge in [-0.3, -0.25) is 0 Å². The fourth-order valence-corrected chi connectivity index (χ4v) is 0.751. The second-order valence-corrected chi connectivity index (χ2v) is 1.96. The molecule has 60 valence electrons. The number of benzene rings is 1. The van der Waals surface area contributed by atoms with E-state index in [0.29, 0.717) is 0 Å². The minimum absolute atomic E-state index is 0. The van der Waals surface area contributed by atoms with Gasteiger partial charge in [-0.15, -0.1) is 0 Å². The summed E-state index contributed by atoms with van der Waals surface area (Å²) in [6.45, 7) is 3.45. The Morgan fingerprint density at radius 2 is 1.75 bits per heavy atom. The third-order valence-corrected chi connectivity index (χ3v) is 1.28. The van der Waals surface area contributed by atoms with Crippen LogP contribution in [0.1, 0.15) is 1.43 Å². The quantitative estimate of drug-likeness (QED) is 0.465. The molecule has 0 spiro atoms. The molecule has 0 fully saturated rings. The van der Waals surface area contributed by atoms with Gasteiger partial charge in [0.2, 0.25) is 0 Å². The summed E-state index contributed by atoms with van der Waals surface area (Å²) >= 11 is 0. The van der Waals surface area contributed by atoms with Gasteiger partial charge in [0.25, 0.3) is 0 Å². The number of hydrogen-bond acceptors (Lipinski definition) is 2. The molecule has 0 radical (unpaired) electrons. The monoisotopic (exact) mass is 190 g/mol. The van der Waals surface area contributed by atoms with Gasteiger partial charge in [0.05, 0.1) is 13.4 Å². The molecule has 0 aliphatic carbocycles. The summed E-state index contributed by atoms with van der Waals surface area (Å²) in [5, 5.41) is 0. The van der Waals surface area contributed by atoms with Crippen LogP contribution in [0.15, 0.2) is 37.1 Å². The van der Waals surface area contributed by atoms with Gasteiger partial charge in [-0.2, -0.15) is 0 Å². The van der Waals surface area contributed by atoms with Crippen molar-refractivity contribution in [2.24, 2.45) is 0 Å². The molecule has 0 amide bonds. The van der Waals surface area contributed by atoms with Crippen molar-refractivity contribution in [3.8, 4) is 11.5 Å². The zero-order chi connectivity index (χ0) is 8.10. The topological polar surface area (TPSA) is 18.5 Å². The van der Waals surface area contributed by atoms with E-state index < -0.39 is 0 Å². The van der Waals surface area contributed by atoms with Crippen LogP contribution in [0.25, 0.3) is 0 Å². The van der Waals surface area contributed by atoms with Crippen LogP contribution in [0, 0.1) is 0 Å². The molecular weight excluding hydrogens is 179 g/mol. The molecule has 0 atom stereocenters. The molecule has 0 aliphatic rings. The number of rotatable bonds is 3. The molecule has 0 aliphatic heterocycles. The fourth-order valence-electron chi connectivity index (χ4n) is 0.751. The van der Waals surface area contributed by atoms with Crippen LogP contribution >= 0.6 is 0 Å². The third-order valence-electron chi connectivity index (χ3n) is 1.28. The predicted molar refractivity (Wildman–Crippen MR) is 44.9 cm³/mol. The Labute approximate surface area is 116 Å². The van der Waals surface area contributed by atoms with Crippen LogP contribution in [0.5, 0.6) is 11.5 Å². The van der Waals surface area contributed by atoms with E-state index in [4.69, 9.17) is 9.47 Å². The van der Waals surface area contributed by atoms with Crippen LogP contribution < -0.4 is 60.9 Å². The molecule has 1 aromatic carbocycles. The predicted octanol–water partition coefficient (Wildman–Crippen LogP) is -0.666. The van der Waals surface area contributed by atoms with Gasteiger partial charge >= 0.3 is 51.4 Å². The Balaban J connectivity index is 0. The molecule has 0 aromatic heterocycles. The van der Waals surface area contributed by atoms with Gasteiger partial charge < -0.3 is 10.9 Å². The van der Waals surface area contributed by atoms with Crippen LogP contribution in [-0.4, -0.2) is 7.11 Å². The first kappa shape index (κ1) is 12.2. The molecule has 0 saturated heterocycles. The van der Waals surface area contributed by atoms with Crippen molar-refractivity contribution >= 4 is 0 Å². The summed E-state index contributed by atoms with van der Waals surface area (Å²) < 4.78 is 9.98. The number of methoxy groups -OCH3 is 1. The molecule has 12 heavy (non-hydrogen) atoms. The van der Waals surface area contributed by atoms with Crippen LogP contribution in [-0.2, 0) is 0 Å². The van der Waals surface area contributed by atoms with E-state index in [1.165, 1.54) is 6.26 Å². The minimum atomic E-state index is 0. The normalized spacial score (nSPS) is 8.08. The maximum atomic E-state index is 5.01. The van der Waals surface area contributed by atoms with E-state index in [0.717, 1.165) is 11.5 Å². The van der Waals surface area contributed by atoms with Gasteiger partial charge in [0.1, 0.15) is 11.5 Å². The first-order valence-electron chi connectivity index (χ1n) is 3.28. The van der Waals surface area contributed by atoms with Crippen LogP contribution in [0.3, 0.4) is 0 Å². The first-order chi connectivity index (χ1) is 5.36. The molecule has 0 heterocycles. The summed E-state index contributed by atoms with van der Waals surface area (Å²) in [6, 6.07) is 7.30. The van der Waals surface area contributed by atoms with Crippen molar-refractivity contribution in [3.63, 3.8) is 0 Å². The summed E-state index contributed by atoms with van der Waals surface area (Å²) in [5.74, 6) is 1.59. The van der Waals surface area contributed by atoms with Crippen molar-refractivity contribution < 1.29 is 62.3 Å². The molecule has 0 bridgehead atoms. The molecule has 0 N–H and O–H groups in total. The largest absolute Gasteiger partial charge is 1.00 e. The standard InChI is InChI=1S/C9H10O2.K.H/c1-3-11-9-6-4-8(10-2)5-7-9;;/h3-7H,1H2,2H3;;/q;+1;-1. The Hall–Kier alpha value is 0.196. The maximum absolute atomic E-state index is 5.01. The zero-order valence-corrected chi connectivity index (χ0v) is 10.5. The maximum Gasteiger partial charge on any atom is 1.00 e. The summed E-state index contributed by atoms with van der Waals surface area (Å²) in [5.41, 5.74) is 0. The number of hydrogen-bond donors (Lipinski definition) is 0. The average molecular weight is 190 g/mol. The Kier molecular flexibility index (Phi) is 6.79. The van der Waals surface area contributed by atoms with Crippen LogP contribution in [0.2, 0.25) is 0 Å². The van der Waals surface area contributed by atoms with Crippen LogP contribution in [0.4, 0.5) is 0 Å². The second-order valence-electron chi connectivity index (χ2n) is 1.96. The van der Waals surface area contributed by atoms with Gasteiger partial charge in [0, 0.05) is 0 Å². The molecule has 2 nitrogen and oxygen atoms in total.